The van der Waals surface area contributed by atoms with Crippen molar-refractivity contribution in [3.05, 3.63) is 26.1 Å². The van der Waals surface area contributed by atoms with Crippen molar-refractivity contribution in [2.75, 3.05) is 0 Å². The summed E-state index contributed by atoms with van der Waals surface area (Å²) < 4.78 is 8.25. The molecule has 1 saturated carbocycles. The number of nitrogens with zero attached hydrogens (tertiary/aromatic N) is 1. The average Bonchev–Trinajstić information content (AvgIpc) is 3.00. The molecule has 1 N–H and O–H groups in total. The summed E-state index contributed by atoms with van der Waals surface area (Å²) >= 11 is 2.46. The Morgan fingerprint density at radius 3 is 2.36 bits per heavy atom. The van der Waals surface area contributed by atoms with Crippen LogP contribution in [0.25, 0.3) is 0 Å². The molecule has 1 fully saturated rings. The molecule has 0 saturated heterocycles. The van der Waals surface area contributed by atoms with Gasteiger partial charge in [0.1, 0.15) is 0 Å². The van der Waals surface area contributed by atoms with Gasteiger partial charge in [0.2, 0.25) is 0 Å². The Labute approximate surface area is 186 Å². The van der Waals surface area contributed by atoms with E-state index in [1.165, 1.54) is 40.5 Å². The molecule has 1 heterocycles. The van der Waals surface area contributed by atoms with Crippen LogP contribution in [0.2, 0.25) is 18.1 Å². The van der Waals surface area contributed by atoms with Crippen molar-refractivity contribution in [3.63, 3.8) is 0 Å². The van der Waals surface area contributed by atoms with Gasteiger partial charge in [-0.1, -0.05) is 47.5 Å². The first kappa shape index (κ1) is 22.7. The van der Waals surface area contributed by atoms with E-state index in [0.29, 0.717) is 11.3 Å². The molecule has 5 heteroatoms. The molecule has 0 radical (unpaired) electrons. The lowest BCUT2D eigenvalue weighted by atomic mass is 9.70. The number of aliphatic hydroxyl groups excluding tert-OH is 1. The minimum absolute atomic E-state index is 0.0595. The van der Waals surface area contributed by atoms with Gasteiger partial charge >= 0.3 is 0 Å². The van der Waals surface area contributed by atoms with Crippen LogP contribution in [0.3, 0.4) is 0 Å². The largest absolute Gasteiger partial charge is 0.410 e. The number of halogens is 1. The lowest BCUT2D eigenvalue weighted by Crippen LogP contribution is -2.44. The van der Waals surface area contributed by atoms with Gasteiger partial charge in [-0.15, -0.1) is 0 Å². The van der Waals surface area contributed by atoms with Gasteiger partial charge in [0.05, 0.1) is 12.7 Å². The van der Waals surface area contributed by atoms with Gasteiger partial charge in [0, 0.05) is 26.1 Å². The predicted molar refractivity (Wildman–Crippen MR) is 127 cm³/mol. The fourth-order valence-electron chi connectivity index (χ4n) is 4.83. The van der Waals surface area contributed by atoms with Gasteiger partial charge < -0.3 is 9.53 Å². The number of hydrogen-bond donors (Lipinski definition) is 1. The molecule has 1 spiro atoms. The molecule has 1 aromatic heterocycles. The van der Waals surface area contributed by atoms with Crippen molar-refractivity contribution < 1.29 is 9.53 Å². The molecule has 0 amide bonds. The van der Waals surface area contributed by atoms with E-state index in [0.717, 1.165) is 24.1 Å². The molecule has 3 rings (SSSR count). The number of hydrogen-bond acceptors (Lipinski definition) is 3. The summed E-state index contributed by atoms with van der Waals surface area (Å²) in [5.74, 6) is 0.321. The monoisotopic (exact) mass is 515 g/mol. The van der Waals surface area contributed by atoms with Crippen molar-refractivity contribution in [2.45, 2.75) is 110 Å². The zero-order valence-corrected chi connectivity index (χ0v) is 21.9. The smallest absolute Gasteiger partial charge is 0.192 e. The third-order valence-corrected chi connectivity index (χ3v) is 13.2. The minimum Gasteiger partial charge on any atom is -0.410 e. The molecule has 28 heavy (non-hydrogen) atoms. The maximum absolute atomic E-state index is 10.1. The van der Waals surface area contributed by atoms with Crippen molar-refractivity contribution in [1.82, 2.24) is 4.98 Å². The molecule has 2 aliphatic carbocycles. The topological polar surface area (TPSA) is 42.4 Å². The number of aliphatic hydroxyl groups is 1. The summed E-state index contributed by atoms with van der Waals surface area (Å²) in [6.45, 7) is 16.1. The third kappa shape index (κ3) is 4.10. The molecule has 0 unspecified atom stereocenters. The van der Waals surface area contributed by atoms with Crippen LogP contribution in [0.15, 0.2) is 0 Å². The highest BCUT2D eigenvalue weighted by Crippen LogP contribution is 2.54. The van der Waals surface area contributed by atoms with E-state index in [1.807, 2.05) is 0 Å². The van der Waals surface area contributed by atoms with Crippen molar-refractivity contribution in [1.29, 1.82) is 0 Å². The van der Waals surface area contributed by atoms with Crippen LogP contribution in [0.1, 0.15) is 101 Å². The van der Waals surface area contributed by atoms with E-state index < -0.39 is 8.32 Å². The molecule has 0 bridgehead atoms. The first-order valence-corrected chi connectivity index (χ1v) is 14.9. The van der Waals surface area contributed by atoms with E-state index in [2.05, 4.69) is 70.3 Å². The van der Waals surface area contributed by atoms with E-state index in [1.54, 1.807) is 0 Å². The zero-order chi connectivity index (χ0) is 20.9. The highest BCUT2D eigenvalue weighted by atomic mass is 127. The highest BCUT2D eigenvalue weighted by Gasteiger charge is 2.47. The number of aromatic nitrogens is 1. The Balaban J connectivity index is 2.13. The van der Waals surface area contributed by atoms with Gasteiger partial charge in [-0.2, -0.15) is 0 Å². The predicted octanol–water partition coefficient (Wildman–Crippen LogP) is 6.87. The van der Waals surface area contributed by atoms with E-state index >= 15 is 0 Å². The molecule has 1 aromatic rings. The second-order valence-electron chi connectivity index (χ2n) is 10.9. The maximum atomic E-state index is 10.1. The van der Waals surface area contributed by atoms with Gasteiger partial charge in [-0.05, 0) is 77.7 Å². The number of pyridine rings is 1. The summed E-state index contributed by atoms with van der Waals surface area (Å²) in [4.78, 5) is 5.18. The van der Waals surface area contributed by atoms with E-state index in [9.17, 15) is 5.11 Å². The molecule has 3 nitrogen and oxygen atoms in total. The van der Waals surface area contributed by atoms with E-state index in [4.69, 9.17) is 9.41 Å². The van der Waals surface area contributed by atoms with Gasteiger partial charge in [0.15, 0.2) is 8.32 Å². The highest BCUT2D eigenvalue weighted by molar-refractivity contribution is 14.1. The SMILES string of the molecule is CC(C)c1nc2c(c(I)c1CO)[C@@H](O[Si](C)(C)C(C)(C)C)CC1(CCCC1)C2. The zero-order valence-electron chi connectivity index (χ0n) is 18.8. The lowest BCUT2D eigenvalue weighted by molar-refractivity contribution is 0.0883. The molecular formula is C23H38INO2Si. The first-order valence-electron chi connectivity index (χ1n) is 10.9. The Bertz CT molecular complexity index is 733. The maximum Gasteiger partial charge on any atom is 0.192 e. The van der Waals surface area contributed by atoms with Gasteiger partial charge in [0.25, 0.3) is 0 Å². The van der Waals surface area contributed by atoms with Crippen LogP contribution < -0.4 is 0 Å². The van der Waals surface area contributed by atoms with Crippen molar-refractivity contribution in [2.24, 2.45) is 5.41 Å². The van der Waals surface area contributed by atoms with Crippen LogP contribution in [0, 0.1) is 8.99 Å². The standard InChI is InChI=1S/C23H38INO2Si/c1-15(2)21-16(14-26)20(24)19-17(25-21)12-23(10-8-9-11-23)13-18(19)27-28(6,7)22(3,4)5/h15,18,26H,8-14H2,1-7H3/t18-/m0/s1. The Hall–Kier alpha value is 0.0169. The van der Waals surface area contributed by atoms with Crippen molar-refractivity contribution in [3.8, 4) is 0 Å². The molecule has 0 aromatic carbocycles. The second kappa shape index (κ2) is 7.93. The van der Waals surface area contributed by atoms with E-state index in [-0.39, 0.29) is 17.7 Å². The fourth-order valence-corrected chi connectivity index (χ4v) is 7.20. The van der Waals surface area contributed by atoms with Crippen LogP contribution >= 0.6 is 22.6 Å². The van der Waals surface area contributed by atoms with Crippen molar-refractivity contribution >= 4 is 30.9 Å². The molecule has 2 aliphatic rings. The Morgan fingerprint density at radius 2 is 1.86 bits per heavy atom. The quantitative estimate of drug-likeness (QED) is 0.352. The molecular weight excluding hydrogens is 477 g/mol. The van der Waals surface area contributed by atoms with Gasteiger partial charge in [-0.3, -0.25) is 4.98 Å². The molecule has 0 aliphatic heterocycles. The third-order valence-electron chi connectivity index (χ3n) is 7.47. The first-order chi connectivity index (χ1) is 12.9. The van der Waals surface area contributed by atoms with Crippen LogP contribution in [-0.2, 0) is 17.5 Å². The second-order valence-corrected chi connectivity index (χ2v) is 16.8. The normalized spacial score (nSPS) is 22.1. The van der Waals surface area contributed by atoms with Crippen LogP contribution in [0.5, 0.6) is 0 Å². The minimum atomic E-state index is -1.91. The van der Waals surface area contributed by atoms with Crippen LogP contribution in [-0.4, -0.2) is 18.4 Å². The Morgan fingerprint density at radius 1 is 1.25 bits per heavy atom. The summed E-state index contributed by atoms with van der Waals surface area (Å²) in [7, 11) is -1.91. The molecule has 158 valence electrons. The Kier molecular flexibility index (Phi) is 6.43. The number of rotatable bonds is 4. The van der Waals surface area contributed by atoms with Crippen LogP contribution in [0.4, 0.5) is 0 Å². The fraction of sp³-hybridized carbons (Fsp3) is 0.783. The summed E-state index contributed by atoms with van der Waals surface area (Å²) in [5, 5.41) is 10.3. The lowest BCUT2D eigenvalue weighted by Gasteiger charge is -2.45. The summed E-state index contributed by atoms with van der Waals surface area (Å²) in [5.41, 5.74) is 5.00. The van der Waals surface area contributed by atoms with Gasteiger partial charge in [-0.25, -0.2) is 0 Å². The summed E-state index contributed by atoms with van der Waals surface area (Å²) in [6.07, 6.45) is 7.61. The summed E-state index contributed by atoms with van der Waals surface area (Å²) in [6, 6.07) is 0. The number of fused-ring (bicyclic) bond motifs is 1. The average molecular weight is 516 g/mol. The molecule has 1 atom stereocenters.